The first kappa shape index (κ1) is 9.46. The molecule has 0 fully saturated rings. The quantitative estimate of drug-likeness (QED) is 0.459. The molecule has 0 aromatic heterocycles. The second-order valence-electron chi connectivity index (χ2n) is 2.77. The van der Waals surface area contributed by atoms with Crippen LogP contribution in [0.2, 0.25) is 0 Å². The maximum atomic E-state index is 4.33. The molecule has 0 aliphatic carbocycles. The van der Waals surface area contributed by atoms with Crippen molar-refractivity contribution in [1.82, 2.24) is 0 Å². The van der Waals surface area contributed by atoms with Crippen LogP contribution in [0.25, 0.3) is 0 Å². The lowest BCUT2D eigenvalue weighted by atomic mass is 10.2. The number of aliphatic imine (C=N–C) groups is 1. The van der Waals surface area contributed by atoms with Gasteiger partial charge in [-0.05, 0) is 24.7 Å². The van der Waals surface area contributed by atoms with Crippen LogP contribution in [0.3, 0.4) is 0 Å². The second-order valence-corrected chi connectivity index (χ2v) is 4.70. The molecule has 1 rings (SSSR count). The van der Waals surface area contributed by atoms with Crippen molar-refractivity contribution in [3.8, 4) is 0 Å². The van der Waals surface area contributed by atoms with E-state index >= 15 is 0 Å². The van der Waals surface area contributed by atoms with Gasteiger partial charge in [0.1, 0.15) is 0 Å². The lowest BCUT2D eigenvalue weighted by molar-refractivity contribution is 1.04. The van der Waals surface area contributed by atoms with E-state index in [1.807, 2.05) is 19.2 Å². The molecule has 1 aliphatic heterocycles. The van der Waals surface area contributed by atoms with E-state index in [0.717, 1.165) is 12.2 Å². The molecular formula is C10H15NS. The van der Waals surface area contributed by atoms with Gasteiger partial charge in [0.05, 0.1) is 0 Å². The third-order valence-electron chi connectivity index (χ3n) is 1.89. The van der Waals surface area contributed by atoms with E-state index in [2.05, 4.69) is 17.4 Å². The van der Waals surface area contributed by atoms with Gasteiger partial charge < -0.3 is 0 Å². The van der Waals surface area contributed by atoms with Crippen LogP contribution < -0.4 is 0 Å². The fourth-order valence-corrected chi connectivity index (χ4v) is 2.61. The molecule has 0 bridgehead atoms. The van der Waals surface area contributed by atoms with Crippen molar-refractivity contribution >= 4 is 22.6 Å². The SMILES string of the molecule is C=CC1=C(N=CC)CCS(=C)C1. The molecule has 0 amide bonds. The third kappa shape index (κ3) is 2.18. The van der Waals surface area contributed by atoms with Gasteiger partial charge in [-0.1, -0.05) is 18.5 Å². The van der Waals surface area contributed by atoms with Gasteiger partial charge in [-0.15, -0.1) is 0 Å². The summed E-state index contributed by atoms with van der Waals surface area (Å²) in [5.74, 6) is 6.33. The van der Waals surface area contributed by atoms with Gasteiger partial charge in [0.25, 0.3) is 0 Å². The summed E-state index contributed by atoms with van der Waals surface area (Å²) in [5, 5.41) is 0. The lowest BCUT2D eigenvalue weighted by Gasteiger charge is -2.17. The summed E-state index contributed by atoms with van der Waals surface area (Å²) in [4.78, 5) is 4.33. The molecule has 1 unspecified atom stereocenters. The average molecular weight is 181 g/mol. The monoisotopic (exact) mass is 181 g/mol. The molecule has 0 spiro atoms. The molecule has 0 aromatic carbocycles. The van der Waals surface area contributed by atoms with Crippen molar-refractivity contribution in [3.05, 3.63) is 23.9 Å². The predicted molar refractivity (Wildman–Crippen MR) is 60.5 cm³/mol. The first-order chi connectivity index (χ1) is 5.77. The van der Waals surface area contributed by atoms with Gasteiger partial charge >= 0.3 is 0 Å². The van der Waals surface area contributed by atoms with Gasteiger partial charge in [-0.3, -0.25) is 4.99 Å². The third-order valence-corrected chi connectivity index (χ3v) is 3.39. The summed E-state index contributed by atoms with van der Waals surface area (Å²) < 4.78 is 0. The molecule has 0 saturated heterocycles. The van der Waals surface area contributed by atoms with Crippen LogP contribution in [0.15, 0.2) is 28.9 Å². The molecule has 1 heterocycles. The van der Waals surface area contributed by atoms with E-state index < -0.39 is 0 Å². The average Bonchev–Trinajstić information content (AvgIpc) is 2.08. The molecule has 1 atom stereocenters. The Morgan fingerprint density at radius 3 is 2.92 bits per heavy atom. The minimum atomic E-state index is 0.303. The van der Waals surface area contributed by atoms with Crippen molar-refractivity contribution < 1.29 is 0 Å². The van der Waals surface area contributed by atoms with Crippen LogP contribution in [0.1, 0.15) is 13.3 Å². The van der Waals surface area contributed by atoms with E-state index in [0.29, 0.717) is 10.5 Å². The van der Waals surface area contributed by atoms with Gasteiger partial charge in [0.2, 0.25) is 0 Å². The first-order valence-electron chi connectivity index (χ1n) is 4.08. The Bertz CT molecular complexity index is 261. The Morgan fingerprint density at radius 2 is 2.33 bits per heavy atom. The lowest BCUT2D eigenvalue weighted by Crippen LogP contribution is -2.02. The summed E-state index contributed by atoms with van der Waals surface area (Å²) in [6, 6.07) is 0. The van der Waals surface area contributed by atoms with Crippen LogP contribution in [0.4, 0.5) is 0 Å². The smallest absolute Gasteiger partial charge is 0.0447 e. The highest BCUT2D eigenvalue weighted by Gasteiger charge is 2.10. The van der Waals surface area contributed by atoms with Gasteiger partial charge in [-0.25, -0.2) is 0 Å². The van der Waals surface area contributed by atoms with Gasteiger partial charge in [0.15, 0.2) is 0 Å². The number of nitrogens with zero attached hydrogens (tertiary/aromatic N) is 1. The Kier molecular flexibility index (Phi) is 3.48. The second kappa shape index (κ2) is 4.41. The number of rotatable bonds is 2. The number of hydrogen-bond acceptors (Lipinski definition) is 1. The highest BCUT2D eigenvalue weighted by molar-refractivity contribution is 8.14. The van der Waals surface area contributed by atoms with Gasteiger partial charge in [0, 0.05) is 17.7 Å². The van der Waals surface area contributed by atoms with Crippen LogP contribution in [-0.2, 0) is 0 Å². The molecule has 0 saturated carbocycles. The van der Waals surface area contributed by atoms with Crippen molar-refractivity contribution in [2.45, 2.75) is 13.3 Å². The standard InChI is InChI=1S/C10H15NS/c1-4-9-8-12(3)7-6-10(9)11-5-2/h4-5H,1,3,6-8H2,2H3. The van der Waals surface area contributed by atoms with Crippen molar-refractivity contribution in [3.63, 3.8) is 0 Å². The van der Waals surface area contributed by atoms with Crippen molar-refractivity contribution in [2.24, 2.45) is 4.99 Å². The zero-order valence-electron chi connectivity index (χ0n) is 7.55. The first-order valence-corrected chi connectivity index (χ1v) is 5.81. The Hall–Kier alpha value is -0.630. The fraction of sp³-hybridized carbons (Fsp3) is 0.400. The van der Waals surface area contributed by atoms with Crippen LogP contribution in [0.5, 0.6) is 0 Å². The predicted octanol–water partition coefficient (Wildman–Crippen LogP) is 2.62. The Labute approximate surface area is 76.8 Å². The summed E-state index contributed by atoms with van der Waals surface area (Å²) in [6.45, 7) is 5.75. The van der Waals surface area contributed by atoms with E-state index in [1.54, 1.807) is 0 Å². The molecule has 12 heavy (non-hydrogen) atoms. The largest absolute Gasteiger partial charge is 0.266 e. The highest BCUT2D eigenvalue weighted by Crippen LogP contribution is 2.28. The van der Waals surface area contributed by atoms with Crippen molar-refractivity contribution in [1.29, 1.82) is 0 Å². The van der Waals surface area contributed by atoms with Gasteiger partial charge in [-0.2, -0.15) is 10.5 Å². The molecular weight excluding hydrogens is 166 g/mol. The molecule has 66 valence electrons. The Morgan fingerprint density at radius 1 is 1.58 bits per heavy atom. The molecule has 0 aromatic rings. The van der Waals surface area contributed by atoms with E-state index in [4.69, 9.17) is 0 Å². The molecule has 0 N–H and O–H groups in total. The van der Waals surface area contributed by atoms with E-state index in [1.165, 1.54) is 17.0 Å². The topological polar surface area (TPSA) is 12.4 Å². The summed E-state index contributed by atoms with van der Waals surface area (Å²) in [5.41, 5.74) is 2.50. The molecule has 1 aliphatic rings. The summed E-state index contributed by atoms with van der Waals surface area (Å²) in [7, 11) is 0.303. The molecule has 1 nitrogen and oxygen atoms in total. The zero-order chi connectivity index (χ0) is 8.97. The van der Waals surface area contributed by atoms with E-state index in [-0.39, 0.29) is 0 Å². The summed E-state index contributed by atoms with van der Waals surface area (Å²) >= 11 is 0. The minimum Gasteiger partial charge on any atom is -0.266 e. The maximum absolute atomic E-state index is 4.33. The highest BCUT2D eigenvalue weighted by atomic mass is 32.2. The Balaban J connectivity index is 2.90. The summed E-state index contributed by atoms with van der Waals surface area (Å²) in [6.07, 6.45) is 4.84. The zero-order valence-corrected chi connectivity index (χ0v) is 8.36. The molecule has 2 heteroatoms. The normalized spacial score (nSPS) is 24.9. The fourth-order valence-electron chi connectivity index (χ4n) is 1.26. The number of allylic oxidation sites excluding steroid dienone is 2. The minimum absolute atomic E-state index is 0.303. The maximum Gasteiger partial charge on any atom is 0.0447 e. The number of hydrogen-bond donors (Lipinski definition) is 0. The van der Waals surface area contributed by atoms with Crippen molar-refractivity contribution in [2.75, 3.05) is 11.5 Å². The van der Waals surface area contributed by atoms with Crippen LogP contribution in [0, 0.1) is 0 Å². The van der Waals surface area contributed by atoms with Crippen LogP contribution >= 0.6 is 10.5 Å². The van der Waals surface area contributed by atoms with Crippen LogP contribution in [-0.4, -0.2) is 23.6 Å². The van der Waals surface area contributed by atoms with E-state index in [9.17, 15) is 0 Å². The molecule has 0 radical (unpaired) electrons.